The summed E-state index contributed by atoms with van der Waals surface area (Å²) in [6.45, 7) is 2.98. The molecule has 31 heavy (non-hydrogen) atoms. The van der Waals surface area contributed by atoms with Crippen molar-refractivity contribution in [2.24, 2.45) is 5.10 Å². The van der Waals surface area contributed by atoms with Gasteiger partial charge in [0, 0.05) is 24.7 Å². The van der Waals surface area contributed by atoms with Gasteiger partial charge >= 0.3 is 6.18 Å². The molecule has 0 spiro atoms. The maximum atomic E-state index is 13.1. The summed E-state index contributed by atoms with van der Waals surface area (Å²) in [5, 5.41) is 18.2. The SMILES string of the molecule is CC(=O)Nc1ccc(C2=NNC(C)(C(=O)Nc3ccc(C#N)c(C(F)(F)F)c3)C2)cc1. The Morgan fingerprint density at radius 1 is 1.13 bits per heavy atom. The molecule has 1 aliphatic heterocycles. The van der Waals surface area contributed by atoms with Gasteiger partial charge in [-0.1, -0.05) is 12.1 Å². The molecule has 2 aromatic carbocycles. The molecule has 3 N–H and O–H groups in total. The van der Waals surface area contributed by atoms with Crippen LogP contribution >= 0.6 is 0 Å². The number of rotatable bonds is 4. The second-order valence-corrected chi connectivity index (χ2v) is 7.26. The first-order valence-electron chi connectivity index (χ1n) is 9.16. The lowest BCUT2D eigenvalue weighted by Gasteiger charge is -2.23. The minimum Gasteiger partial charge on any atom is -0.326 e. The number of benzene rings is 2. The predicted molar refractivity (Wildman–Crippen MR) is 108 cm³/mol. The Morgan fingerprint density at radius 2 is 1.77 bits per heavy atom. The number of halogens is 3. The van der Waals surface area contributed by atoms with Gasteiger partial charge in [-0.05, 0) is 42.8 Å². The van der Waals surface area contributed by atoms with E-state index < -0.39 is 28.7 Å². The molecule has 2 aromatic rings. The van der Waals surface area contributed by atoms with E-state index in [0.717, 1.165) is 17.7 Å². The van der Waals surface area contributed by atoms with Crippen molar-refractivity contribution in [2.45, 2.75) is 32.0 Å². The van der Waals surface area contributed by atoms with E-state index in [0.29, 0.717) is 11.4 Å². The fourth-order valence-electron chi connectivity index (χ4n) is 3.07. The van der Waals surface area contributed by atoms with E-state index in [1.165, 1.54) is 19.1 Å². The van der Waals surface area contributed by atoms with Gasteiger partial charge in [0.2, 0.25) is 5.91 Å². The number of hydrazone groups is 1. The highest BCUT2D eigenvalue weighted by atomic mass is 19.4. The lowest BCUT2D eigenvalue weighted by molar-refractivity contribution is -0.137. The molecule has 1 aliphatic rings. The van der Waals surface area contributed by atoms with Crippen molar-refractivity contribution in [3.05, 3.63) is 59.2 Å². The minimum absolute atomic E-state index is 0.0764. The summed E-state index contributed by atoms with van der Waals surface area (Å²) in [4.78, 5) is 23.9. The molecular formula is C21H18F3N5O2. The topological polar surface area (TPSA) is 106 Å². The largest absolute Gasteiger partial charge is 0.417 e. The lowest BCUT2D eigenvalue weighted by atomic mass is 9.92. The number of nitrogens with zero attached hydrogens (tertiary/aromatic N) is 2. The van der Waals surface area contributed by atoms with E-state index in [9.17, 15) is 22.8 Å². The van der Waals surface area contributed by atoms with E-state index >= 15 is 0 Å². The lowest BCUT2D eigenvalue weighted by Crippen LogP contribution is -2.47. The first-order valence-corrected chi connectivity index (χ1v) is 9.16. The highest BCUT2D eigenvalue weighted by molar-refractivity contribution is 6.09. The molecular weight excluding hydrogens is 411 g/mol. The Morgan fingerprint density at radius 3 is 2.35 bits per heavy atom. The van der Waals surface area contributed by atoms with Crippen LogP contribution in [0.5, 0.6) is 0 Å². The molecule has 10 heteroatoms. The average Bonchev–Trinajstić information content (AvgIpc) is 3.11. The van der Waals surface area contributed by atoms with Crippen molar-refractivity contribution in [3.63, 3.8) is 0 Å². The Kier molecular flexibility index (Phi) is 5.71. The Bertz CT molecular complexity index is 1100. The van der Waals surface area contributed by atoms with Gasteiger partial charge in [0.15, 0.2) is 0 Å². The van der Waals surface area contributed by atoms with Gasteiger partial charge in [0.05, 0.1) is 22.9 Å². The molecule has 0 aromatic heterocycles. The molecule has 0 aliphatic carbocycles. The molecule has 0 fully saturated rings. The summed E-state index contributed by atoms with van der Waals surface area (Å²) in [6.07, 6.45) is -4.53. The van der Waals surface area contributed by atoms with Crippen molar-refractivity contribution < 1.29 is 22.8 Å². The van der Waals surface area contributed by atoms with Gasteiger partial charge in [-0.3, -0.25) is 15.0 Å². The maximum absolute atomic E-state index is 13.1. The first-order chi connectivity index (χ1) is 14.5. The highest BCUT2D eigenvalue weighted by Gasteiger charge is 2.39. The zero-order chi connectivity index (χ0) is 22.8. The standard InChI is InChI=1S/C21H18F3N5O2/c1-12(30)26-15-6-3-13(4-7-15)18-10-20(2,29-28-18)19(31)27-16-8-5-14(11-25)17(9-16)21(22,23)24/h3-9,29H,10H2,1-2H3,(H,26,30)(H,27,31). The molecule has 2 amide bonds. The van der Waals surface area contributed by atoms with Crippen molar-refractivity contribution in [1.29, 1.82) is 5.26 Å². The van der Waals surface area contributed by atoms with Crippen molar-refractivity contribution in [3.8, 4) is 6.07 Å². The van der Waals surface area contributed by atoms with Crippen LogP contribution in [0.15, 0.2) is 47.6 Å². The number of carbonyl (C=O) groups excluding carboxylic acids is 2. The smallest absolute Gasteiger partial charge is 0.326 e. The van der Waals surface area contributed by atoms with E-state index in [2.05, 4.69) is 21.2 Å². The number of hydrogen-bond acceptors (Lipinski definition) is 5. The quantitative estimate of drug-likeness (QED) is 0.690. The third kappa shape index (κ3) is 4.83. The number of nitrogens with one attached hydrogen (secondary N) is 3. The van der Waals surface area contributed by atoms with Crippen LogP contribution in [0.25, 0.3) is 0 Å². The van der Waals surface area contributed by atoms with Crippen molar-refractivity contribution in [1.82, 2.24) is 5.43 Å². The van der Waals surface area contributed by atoms with Crippen LogP contribution in [-0.2, 0) is 15.8 Å². The Balaban J connectivity index is 1.72. The van der Waals surface area contributed by atoms with E-state index in [4.69, 9.17) is 5.26 Å². The van der Waals surface area contributed by atoms with Crippen LogP contribution < -0.4 is 16.1 Å². The third-order valence-corrected chi connectivity index (χ3v) is 4.70. The number of hydrogen-bond donors (Lipinski definition) is 3. The first kappa shape index (κ1) is 21.8. The van der Waals surface area contributed by atoms with E-state index in [1.54, 1.807) is 31.2 Å². The number of anilines is 2. The highest BCUT2D eigenvalue weighted by Crippen LogP contribution is 2.34. The second kappa shape index (κ2) is 8.10. The summed E-state index contributed by atoms with van der Waals surface area (Å²) in [5.41, 5.74) is 1.78. The number of carbonyl (C=O) groups is 2. The van der Waals surface area contributed by atoms with Crippen LogP contribution in [0.4, 0.5) is 24.5 Å². The normalized spacial score (nSPS) is 17.9. The summed E-state index contributed by atoms with van der Waals surface area (Å²) in [5.74, 6) is -0.771. The molecule has 1 unspecified atom stereocenters. The van der Waals surface area contributed by atoms with Crippen LogP contribution in [-0.4, -0.2) is 23.1 Å². The Labute approximate surface area is 175 Å². The van der Waals surface area contributed by atoms with Crippen molar-refractivity contribution >= 4 is 28.9 Å². The van der Waals surface area contributed by atoms with Crippen LogP contribution in [0.3, 0.4) is 0 Å². The molecule has 1 heterocycles. The fourth-order valence-corrected chi connectivity index (χ4v) is 3.07. The van der Waals surface area contributed by atoms with E-state index in [1.807, 2.05) is 0 Å². The van der Waals surface area contributed by atoms with Gasteiger partial charge in [-0.25, -0.2) is 0 Å². The van der Waals surface area contributed by atoms with Crippen LogP contribution in [0.1, 0.15) is 37.0 Å². The zero-order valence-corrected chi connectivity index (χ0v) is 16.6. The van der Waals surface area contributed by atoms with Gasteiger partial charge in [0.25, 0.3) is 5.91 Å². The van der Waals surface area contributed by atoms with Gasteiger partial charge in [-0.2, -0.15) is 23.5 Å². The molecule has 0 saturated carbocycles. The van der Waals surface area contributed by atoms with Gasteiger partial charge < -0.3 is 10.6 Å². The molecule has 1 atom stereocenters. The van der Waals surface area contributed by atoms with Crippen LogP contribution in [0, 0.1) is 11.3 Å². The van der Waals surface area contributed by atoms with Gasteiger partial charge in [-0.15, -0.1) is 0 Å². The monoisotopic (exact) mass is 429 g/mol. The predicted octanol–water partition coefficient (Wildman–Crippen LogP) is 3.63. The summed E-state index contributed by atoms with van der Waals surface area (Å²) in [7, 11) is 0. The molecule has 3 rings (SSSR count). The van der Waals surface area contributed by atoms with E-state index in [-0.39, 0.29) is 18.0 Å². The zero-order valence-electron chi connectivity index (χ0n) is 16.6. The summed E-state index contributed by atoms with van der Waals surface area (Å²) < 4.78 is 39.4. The minimum atomic E-state index is -4.72. The molecule has 160 valence electrons. The summed E-state index contributed by atoms with van der Waals surface area (Å²) in [6, 6.07) is 11.4. The number of alkyl halides is 3. The summed E-state index contributed by atoms with van der Waals surface area (Å²) >= 11 is 0. The third-order valence-electron chi connectivity index (χ3n) is 4.70. The van der Waals surface area contributed by atoms with Crippen LogP contribution in [0.2, 0.25) is 0 Å². The number of nitriles is 1. The Hall–Kier alpha value is -3.87. The molecule has 0 bridgehead atoms. The second-order valence-electron chi connectivity index (χ2n) is 7.26. The molecule has 7 nitrogen and oxygen atoms in total. The fraction of sp³-hybridized carbons (Fsp3) is 0.238. The maximum Gasteiger partial charge on any atom is 0.417 e. The van der Waals surface area contributed by atoms with Crippen molar-refractivity contribution in [2.75, 3.05) is 10.6 Å². The molecule has 0 saturated heterocycles. The molecule has 0 radical (unpaired) electrons. The average molecular weight is 429 g/mol. The number of amides is 2. The van der Waals surface area contributed by atoms with Gasteiger partial charge in [0.1, 0.15) is 5.54 Å².